The van der Waals surface area contributed by atoms with Gasteiger partial charge in [-0.1, -0.05) is 24.3 Å². The number of hydrogen-bond donors (Lipinski definition) is 1. The SMILES string of the molecule is C[C@@H]1CC(=O)Nc2ccccc2N1C(=O)CN1CCC(c2nc3ccccc3s2)CC1. The average Bonchev–Trinajstić information content (AvgIpc) is 3.14. The lowest BCUT2D eigenvalue weighted by atomic mass is 9.97. The summed E-state index contributed by atoms with van der Waals surface area (Å²) >= 11 is 1.79. The van der Waals surface area contributed by atoms with Crippen molar-refractivity contribution >= 4 is 44.7 Å². The number of carbonyl (C=O) groups excluding carboxylic acids is 2. The predicted molar refractivity (Wildman–Crippen MR) is 125 cm³/mol. The van der Waals surface area contributed by atoms with Gasteiger partial charge in [0.15, 0.2) is 0 Å². The number of nitrogens with one attached hydrogen (secondary N) is 1. The summed E-state index contributed by atoms with van der Waals surface area (Å²) in [6, 6.07) is 15.7. The summed E-state index contributed by atoms with van der Waals surface area (Å²) in [5.41, 5.74) is 2.58. The third-order valence-electron chi connectivity index (χ3n) is 6.23. The van der Waals surface area contributed by atoms with Crippen molar-refractivity contribution in [3.05, 3.63) is 53.5 Å². The van der Waals surface area contributed by atoms with Crippen molar-refractivity contribution in [3.8, 4) is 0 Å². The molecular weight excluding hydrogens is 408 g/mol. The van der Waals surface area contributed by atoms with Gasteiger partial charge in [-0.25, -0.2) is 4.98 Å². The van der Waals surface area contributed by atoms with E-state index in [4.69, 9.17) is 4.98 Å². The highest BCUT2D eigenvalue weighted by molar-refractivity contribution is 7.18. The number of carbonyl (C=O) groups is 2. The summed E-state index contributed by atoms with van der Waals surface area (Å²) in [4.78, 5) is 34.4. The van der Waals surface area contributed by atoms with Gasteiger partial charge in [0, 0.05) is 18.4 Å². The van der Waals surface area contributed by atoms with Crippen LogP contribution in [0.5, 0.6) is 0 Å². The summed E-state index contributed by atoms with van der Waals surface area (Å²) < 4.78 is 1.24. The van der Waals surface area contributed by atoms with Gasteiger partial charge in [-0.3, -0.25) is 14.5 Å². The molecule has 2 amide bonds. The monoisotopic (exact) mass is 434 g/mol. The topological polar surface area (TPSA) is 65.5 Å². The van der Waals surface area contributed by atoms with Crippen molar-refractivity contribution in [2.24, 2.45) is 0 Å². The normalized spacial score (nSPS) is 20.4. The Labute approximate surface area is 185 Å². The Hall–Kier alpha value is -2.77. The Morgan fingerprint density at radius 3 is 2.68 bits per heavy atom. The van der Waals surface area contributed by atoms with Crippen molar-refractivity contribution in [3.63, 3.8) is 0 Å². The zero-order valence-corrected chi connectivity index (χ0v) is 18.4. The molecule has 31 heavy (non-hydrogen) atoms. The van der Waals surface area contributed by atoms with Gasteiger partial charge < -0.3 is 10.2 Å². The van der Waals surface area contributed by atoms with Crippen LogP contribution >= 0.6 is 11.3 Å². The lowest BCUT2D eigenvalue weighted by Crippen LogP contribution is -2.46. The van der Waals surface area contributed by atoms with Gasteiger partial charge >= 0.3 is 0 Å². The first-order chi connectivity index (χ1) is 15.1. The first-order valence-electron chi connectivity index (χ1n) is 10.9. The molecule has 5 rings (SSSR count). The van der Waals surface area contributed by atoms with Gasteiger partial charge in [0.25, 0.3) is 0 Å². The number of piperidine rings is 1. The Kier molecular flexibility index (Phi) is 5.46. The van der Waals surface area contributed by atoms with Crippen LogP contribution in [0.2, 0.25) is 0 Å². The molecule has 0 bridgehead atoms. The molecular formula is C24H26N4O2S. The number of thiazole rings is 1. The fraction of sp³-hybridized carbons (Fsp3) is 0.375. The Morgan fingerprint density at radius 2 is 1.87 bits per heavy atom. The highest BCUT2D eigenvalue weighted by Gasteiger charge is 2.31. The number of anilines is 2. The van der Waals surface area contributed by atoms with Crippen molar-refractivity contribution in [1.82, 2.24) is 9.88 Å². The van der Waals surface area contributed by atoms with E-state index in [1.807, 2.05) is 37.3 Å². The second-order valence-electron chi connectivity index (χ2n) is 8.45. The largest absolute Gasteiger partial charge is 0.324 e. The maximum Gasteiger partial charge on any atom is 0.241 e. The smallest absolute Gasteiger partial charge is 0.241 e. The van der Waals surface area contributed by atoms with E-state index in [0.717, 1.165) is 37.1 Å². The minimum absolute atomic E-state index is 0.0492. The summed E-state index contributed by atoms with van der Waals surface area (Å²) in [6.07, 6.45) is 2.33. The van der Waals surface area contributed by atoms with E-state index in [9.17, 15) is 9.59 Å². The fourth-order valence-electron chi connectivity index (χ4n) is 4.64. The molecule has 1 saturated heterocycles. The lowest BCUT2D eigenvalue weighted by molar-refractivity contribution is -0.120. The maximum absolute atomic E-state index is 13.3. The van der Waals surface area contributed by atoms with Gasteiger partial charge in [-0.15, -0.1) is 11.3 Å². The molecule has 2 aliphatic heterocycles. The van der Waals surface area contributed by atoms with E-state index in [1.165, 1.54) is 9.71 Å². The first-order valence-corrected chi connectivity index (χ1v) is 11.7. The van der Waals surface area contributed by atoms with E-state index in [0.29, 0.717) is 24.6 Å². The van der Waals surface area contributed by atoms with E-state index in [2.05, 4.69) is 28.4 Å². The molecule has 0 saturated carbocycles. The zero-order chi connectivity index (χ0) is 21.4. The average molecular weight is 435 g/mol. The lowest BCUT2D eigenvalue weighted by Gasteiger charge is -2.34. The molecule has 2 aliphatic rings. The fourth-order valence-corrected chi connectivity index (χ4v) is 5.77. The molecule has 1 N–H and O–H groups in total. The molecule has 0 aliphatic carbocycles. The molecule has 160 valence electrons. The van der Waals surface area contributed by atoms with E-state index < -0.39 is 0 Å². The van der Waals surface area contributed by atoms with Crippen LogP contribution in [0.3, 0.4) is 0 Å². The zero-order valence-electron chi connectivity index (χ0n) is 17.6. The van der Waals surface area contributed by atoms with Crippen molar-refractivity contribution in [2.45, 2.75) is 38.1 Å². The number of fused-ring (bicyclic) bond motifs is 2. The summed E-state index contributed by atoms with van der Waals surface area (Å²) in [5.74, 6) is 0.463. The Balaban J connectivity index is 1.26. The highest BCUT2D eigenvalue weighted by atomic mass is 32.1. The number of para-hydroxylation sites is 3. The van der Waals surface area contributed by atoms with Gasteiger partial charge in [0.2, 0.25) is 11.8 Å². The minimum atomic E-state index is -0.170. The van der Waals surface area contributed by atoms with Gasteiger partial charge in [0.1, 0.15) is 0 Å². The summed E-state index contributed by atoms with van der Waals surface area (Å²) in [7, 11) is 0. The van der Waals surface area contributed by atoms with Crippen molar-refractivity contribution in [1.29, 1.82) is 0 Å². The number of hydrogen-bond acceptors (Lipinski definition) is 5. The summed E-state index contributed by atoms with van der Waals surface area (Å²) in [5, 5.41) is 4.14. The van der Waals surface area contributed by atoms with Crippen LogP contribution < -0.4 is 10.2 Å². The van der Waals surface area contributed by atoms with Crippen LogP contribution in [0.1, 0.15) is 37.1 Å². The second kappa shape index (κ2) is 8.40. The Morgan fingerprint density at radius 1 is 1.13 bits per heavy atom. The molecule has 1 fully saturated rings. The maximum atomic E-state index is 13.3. The number of benzene rings is 2. The first kappa shape index (κ1) is 20.2. The highest BCUT2D eigenvalue weighted by Crippen LogP contribution is 2.35. The standard InChI is InChI=1S/C24H26N4O2S/c1-16-14-22(29)25-18-6-2-4-8-20(18)28(16)23(30)15-27-12-10-17(11-13-27)24-26-19-7-3-5-9-21(19)31-24/h2-9,16-17H,10-15H2,1H3,(H,25,29)/t16-/m1/s1. The number of likely N-dealkylation sites (tertiary alicyclic amines) is 1. The summed E-state index contributed by atoms with van der Waals surface area (Å²) in [6.45, 7) is 4.08. The molecule has 3 aromatic rings. The van der Waals surface area contributed by atoms with Crippen LogP contribution in [-0.4, -0.2) is 47.4 Å². The van der Waals surface area contributed by atoms with Crippen LogP contribution in [0, 0.1) is 0 Å². The van der Waals surface area contributed by atoms with Crippen LogP contribution in [0.25, 0.3) is 10.2 Å². The molecule has 1 atom stereocenters. The van der Waals surface area contributed by atoms with Crippen LogP contribution in [0.4, 0.5) is 11.4 Å². The number of rotatable bonds is 3. The quantitative estimate of drug-likeness (QED) is 0.670. The molecule has 6 nitrogen and oxygen atoms in total. The molecule has 7 heteroatoms. The molecule has 0 spiro atoms. The molecule has 3 heterocycles. The molecule has 0 radical (unpaired) electrons. The number of aromatic nitrogens is 1. The Bertz CT molecular complexity index is 1090. The van der Waals surface area contributed by atoms with Crippen LogP contribution in [0.15, 0.2) is 48.5 Å². The number of amides is 2. The van der Waals surface area contributed by atoms with E-state index in [-0.39, 0.29) is 17.9 Å². The third-order valence-corrected chi connectivity index (χ3v) is 7.43. The van der Waals surface area contributed by atoms with E-state index >= 15 is 0 Å². The molecule has 0 unspecified atom stereocenters. The molecule has 2 aromatic carbocycles. The van der Waals surface area contributed by atoms with Gasteiger partial charge in [-0.2, -0.15) is 0 Å². The second-order valence-corrected chi connectivity index (χ2v) is 9.51. The van der Waals surface area contributed by atoms with Crippen molar-refractivity contribution < 1.29 is 9.59 Å². The van der Waals surface area contributed by atoms with Crippen LogP contribution in [-0.2, 0) is 9.59 Å². The predicted octanol–water partition coefficient (Wildman–Crippen LogP) is 4.24. The minimum Gasteiger partial charge on any atom is -0.324 e. The van der Waals surface area contributed by atoms with Gasteiger partial charge in [0.05, 0.1) is 33.1 Å². The third kappa shape index (κ3) is 4.07. The number of nitrogens with zero attached hydrogens (tertiary/aromatic N) is 3. The van der Waals surface area contributed by atoms with Crippen molar-refractivity contribution in [2.75, 3.05) is 29.9 Å². The molecule has 1 aromatic heterocycles. The van der Waals surface area contributed by atoms with Gasteiger partial charge in [-0.05, 0) is 57.1 Å². The van der Waals surface area contributed by atoms with E-state index in [1.54, 1.807) is 16.2 Å².